The lowest BCUT2D eigenvalue weighted by molar-refractivity contribution is -0.128. The average Bonchev–Trinajstić information content (AvgIpc) is 2.92. The van der Waals surface area contributed by atoms with Gasteiger partial charge < -0.3 is 15.5 Å². The number of aryl methyl sites for hydroxylation is 1. The molecule has 0 radical (unpaired) electrons. The lowest BCUT2D eigenvalue weighted by atomic mass is 10.4. The summed E-state index contributed by atoms with van der Waals surface area (Å²) in [4.78, 5) is 23.2. The number of hydrogen-bond donors (Lipinski definition) is 2. The van der Waals surface area contributed by atoms with Crippen LogP contribution in [0.3, 0.4) is 0 Å². The molecule has 0 saturated carbocycles. The Morgan fingerprint density at radius 1 is 1.36 bits per heavy atom. The Bertz CT molecular complexity index is 476. The molecule has 8 heteroatoms. The van der Waals surface area contributed by atoms with Gasteiger partial charge in [-0.05, 0) is 13.3 Å². The first-order chi connectivity index (χ1) is 10.1. The van der Waals surface area contributed by atoms with Crippen molar-refractivity contribution in [2.75, 3.05) is 27.2 Å². The van der Waals surface area contributed by atoms with Crippen LogP contribution in [0.4, 0.5) is 0 Å². The number of nitrogens with one attached hydrogen (secondary N) is 2. The molecule has 0 aliphatic rings. The summed E-state index contributed by atoms with van der Waals surface area (Å²) in [6.45, 7) is 6.04. The summed E-state index contributed by atoms with van der Waals surface area (Å²) in [5, 5.41) is 7.34. The van der Waals surface area contributed by atoms with Crippen LogP contribution in [0, 0.1) is 0 Å². The molecule has 0 saturated heterocycles. The van der Waals surface area contributed by atoms with Gasteiger partial charge in [-0.25, -0.2) is 9.98 Å². The standard InChI is InChI=1S/C14H25N5OS.HI/c1-5-11-9-17-12(21-11)10-18-14(15-6-2)16-8-7-13(20)19(3)4;/h9H,5-8,10H2,1-4H3,(H2,15,16,18);1H. The van der Waals surface area contributed by atoms with Gasteiger partial charge in [0.1, 0.15) is 5.01 Å². The number of guanidine groups is 1. The minimum absolute atomic E-state index is 0. The van der Waals surface area contributed by atoms with E-state index >= 15 is 0 Å². The Morgan fingerprint density at radius 2 is 2.09 bits per heavy atom. The summed E-state index contributed by atoms with van der Waals surface area (Å²) >= 11 is 1.69. The van der Waals surface area contributed by atoms with E-state index in [2.05, 4.69) is 27.5 Å². The number of halogens is 1. The molecule has 0 aromatic carbocycles. The Labute approximate surface area is 153 Å². The van der Waals surface area contributed by atoms with E-state index in [0.717, 1.165) is 23.9 Å². The zero-order valence-corrected chi connectivity index (χ0v) is 16.8. The van der Waals surface area contributed by atoms with Crippen LogP contribution in [0.2, 0.25) is 0 Å². The van der Waals surface area contributed by atoms with Crippen molar-refractivity contribution >= 4 is 47.2 Å². The molecule has 1 aromatic heterocycles. The highest BCUT2D eigenvalue weighted by molar-refractivity contribution is 14.0. The van der Waals surface area contributed by atoms with Gasteiger partial charge in [-0.1, -0.05) is 6.92 Å². The number of hydrogen-bond acceptors (Lipinski definition) is 4. The molecule has 0 bridgehead atoms. The maximum Gasteiger partial charge on any atom is 0.223 e. The van der Waals surface area contributed by atoms with E-state index < -0.39 is 0 Å². The maximum absolute atomic E-state index is 11.5. The van der Waals surface area contributed by atoms with Gasteiger partial charge in [0.05, 0.1) is 6.54 Å². The van der Waals surface area contributed by atoms with E-state index in [9.17, 15) is 4.79 Å². The van der Waals surface area contributed by atoms with Crippen LogP contribution in [-0.2, 0) is 17.8 Å². The first kappa shape index (κ1) is 21.1. The lowest BCUT2D eigenvalue weighted by Crippen LogP contribution is -2.39. The topological polar surface area (TPSA) is 69.6 Å². The van der Waals surface area contributed by atoms with E-state index in [4.69, 9.17) is 0 Å². The highest BCUT2D eigenvalue weighted by atomic mass is 127. The SMILES string of the molecule is CCNC(=NCc1ncc(CC)s1)NCCC(=O)N(C)C.I. The first-order valence-electron chi connectivity index (χ1n) is 7.22. The van der Waals surface area contributed by atoms with Crippen LogP contribution in [0.25, 0.3) is 0 Å². The summed E-state index contributed by atoms with van der Waals surface area (Å²) in [6, 6.07) is 0. The Hall–Kier alpha value is -0.900. The molecule has 126 valence electrons. The zero-order chi connectivity index (χ0) is 15.7. The Kier molecular flexibility index (Phi) is 11.2. The zero-order valence-electron chi connectivity index (χ0n) is 13.7. The highest BCUT2D eigenvalue weighted by Crippen LogP contribution is 2.13. The van der Waals surface area contributed by atoms with Crippen molar-refractivity contribution in [2.45, 2.75) is 33.2 Å². The third kappa shape index (κ3) is 7.92. The monoisotopic (exact) mass is 439 g/mol. The van der Waals surface area contributed by atoms with E-state index in [1.807, 2.05) is 13.1 Å². The van der Waals surface area contributed by atoms with E-state index in [-0.39, 0.29) is 29.9 Å². The second-order valence-corrected chi connectivity index (χ2v) is 5.93. The number of rotatable bonds is 7. The minimum atomic E-state index is 0. The predicted octanol–water partition coefficient (Wildman–Crippen LogP) is 1.86. The van der Waals surface area contributed by atoms with Crippen LogP contribution in [-0.4, -0.2) is 48.9 Å². The second-order valence-electron chi connectivity index (χ2n) is 4.73. The van der Waals surface area contributed by atoms with Crippen LogP contribution >= 0.6 is 35.3 Å². The van der Waals surface area contributed by atoms with Gasteiger partial charge in [-0.2, -0.15) is 0 Å². The molecule has 1 aromatic rings. The van der Waals surface area contributed by atoms with Crippen molar-refractivity contribution in [2.24, 2.45) is 4.99 Å². The Balaban J connectivity index is 0.00000441. The maximum atomic E-state index is 11.5. The first-order valence-corrected chi connectivity index (χ1v) is 8.04. The average molecular weight is 439 g/mol. The minimum Gasteiger partial charge on any atom is -0.357 e. The van der Waals surface area contributed by atoms with E-state index in [1.165, 1.54) is 4.88 Å². The van der Waals surface area contributed by atoms with Crippen LogP contribution in [0.15, 0.2) is 11.2 Å². The van der Waals surface area contributed by atoms with Gasteiger partial charge in [0.25, 0.3) is 0 Å². The fourth-order valence-corrected chi connectivity index (χ4v) is 2.37. The van der Waals surface area contributed by atoms with Gasteiger partial charge in [-0.3, -0.25) is 4.79 Å². The molecule has 1 heterocycles. The summed E-state index contributed by atoms with van der Waals surface area (Å²) in [5.74, 6) is 0.822. The van der Waals surface area contributed by atoms with E-state index in [0.29, 0.717) is 19.5 Å². The van der Waals surface area contributed by atoms with E-state index in [1.54, 1.807) is 30.3 Å². The summed E-state index contributed by atoms with van der Waals surface area (Å²) in [7, 11) is 3.52. The van der Waals surface area contributed by atoms with Crippen LogP contribution in [0.5, 0.6) is 0 Å². The fraction of sp³-hybridized carbons (Fsp3) is 0.643. The van der Waals surface area contributed by atoms with Crippen LogP contribution < -0.4 is 10.6 Å². The van der Waals surface area contributed by atoms with Gasteiger partial charge in [0.2, 0.25) is 5.91 Å². The number of aliphatic imine (C=N–C) groups is 1. The molecule has 2 N–H and O–H groups in total. The molecule has 22 heavy (non-hydrogen) atoms. The van der Waals surface area contributed by atoms with Gasteiger partial charge in [-0.15, -0.1) is 35.3 Å². The third-order valence-corrected chi connectivity index (χ3v) is 3.92. The van der Waals surface area contributed by atoms with Crippen molar-refractivity contribution in [3.8, 4) is 0 Å². The number of carbonyl (C=O) groups is 1. The molecule has 0 spiro atoms. The van der Waals surface area contributed by atoms with Gasteiger partial charge in [0.15, 0.2) is 5.96 Å². The van der Waals surface area contributed by atoms with Crippen LogP contribution in [0.1, 0.15) is 30.2 Å². The summed E-state index contributed by atoms with van der Waals surface area (Å²) < 4.78 is 0. The molecule has 0 atom stereocenters. The lowest BCUT2D eigenvalue weighted by Gasteiger charge is -2.13. The Morgan fingerprint density at radius 3 is 2.64 bits per heavy atom. The smallest absolute Gasteiger partial charge is 0.223 e. The number of aromatic nitrogens is 1. The molecular formula is C14H26IN5OS. The highest BCUT2D eigenvalue weighted by Gasteiger charge is 2.05. The number of amides is 1. The molecular weight excluding hydrogens is 413 g/mol. The number of thiazole rings is 1. The number of carbonyl (C=O) groups excluding carboxylic acids is 1. The van der Waals surface area contributed by atoms with Gasteiger partial charge in [0, 0.05) is 44.7 Å². The molecule has 0 aliphatic heterocycles. The summed E-state index contributed by atoms with van der Waals surface area (Å²) in [5.41, 5.74) is 0. The fourth-order valence-electron chi connectivity index (χ4n) is 1.58. The van der Waals surface area contributed by atoms with Crippen molar-refractivity contribution in [1.29, 1.82) is 0 Å². The molecule has 1 rings (SSSR count). The van der Waals surface area contributed by atoms with Crippen molar-refractivity contribution in [3.05, 3.63) is 16.1 Å². The second kappa shape index (κ2) is 11.6. The predicted molar refractivity (Wildman–Crippen MR) is 103 cm³/mol. The molecule has 1 amide bonds. The molecule has 0 aliphatic carbocycles. The molecule has 0 fully saturated rings. The molecule has 6 nitrogen and oxygen atoms in total. The normalized spacial score (nSPS) is 10.8. The van der Waals surface area contributed by atoms with Crippen molar-refractivity contribution < 1.29 is 4.79 Å². The quantitative estimate of drug-likeness (QED) is 0.387. The third-order valence-electron chi connectivity index (χ3n) is 2.80. The number of nitrogens with zero attached hydrogens (tertiary/aromatic N) is 3. The largest absolute Gasteiger partial charge is 0.357 e. The van der Waals surface area contributed by atoms with Crippen molar-refractivity contribution in [1.82, 2.24) is 20.5 Å². The van der Waals surface area contributed by atoms with Gasteiger partial charge >= 0.3 is 0 Å². The summed E-state index contributed by atoms with van der Waals surface area (Å²) in [6.07, 6.45) is 3.37. The molecule has 0 unspecified atom stereocenters. The van der Waals surface area contributed by atoms with Crippen molar-refractivity contribution in [3.63, 3.8) is 0 Å².